The van der Waals surface area contributed by atoms with Crippen LogP contribution in [0.1, 0.15) is 76.3 Å². The third kappa shape index (κ3) is 5.67. The SMILES string of the molecule is CCCc1ccc(-c2ccc(CCC3CCC(CCC)CC3)cc2F)cc1. The lowest BCUT2D eigenvalue weighted by Crippen LogP contribution is -2.15. The smallest absolute Gasteiger partial charge is 0.131 e. The standard InChI is InChI=1S/C26H35F/c1-3-5-20-7-9-22(10-8-20)11-12-23-15-18-25(26(27)19-23)24-16-13-21(6-4-2)14-17-24/h13-20,22H,3-12H2,1-2H3. The van der Waals surface area contributed by atoms with Gasteiger partial charge in [-0.25, -0.2) is 4.39 Å². The summed E-state index contributed by atoms with van der Waals surface area (Å²) in [6, 6.07) is 14.2. The first kappa shape index (κ1) is 20.1. The van der Waals surface area contributed by atoms with Gasteiger partial charge >= 0.3 is 0 Å². The molecule has 146 valence electrons. The van der Waals surface area contributed by atoms with Crippen LogP contribution in [0.25, 0.3) is 11.1 Å². The van der Waals surface area contributed by atoms with Gasteiger partial charge in [0.05, 0.1) is 0 Å². The van der Waals surface area contributed by atoms with Gasteiger partial charge in [0.1, 0.15) is 5.82 Å². The van der Waals surface area contributed by atoms with E-state index in [9.17, 15) is 4.39 Å². The Morgan fingerprint density at radius 1 is 0.741 bits per heavy atom. The first-order chi connectivity index (χ1) is 13.2. The molecule has 0 amide bonds. The van der Waals surface area contributed by atoms with Crippen LogP contribution in [0.2, 0.25) is 0 Å². The molecule has 0 radical (unpaired) electrons. The van der Waals surface area contributed by atoms with Crippen LogP contribution in [0.3, 0.4) is 0 Å². The van der Waals surface area contributed by atoms with Crippen molar-refractivity contribution in [2.75, 3.05) is 0 Å². The van der Waals surface area contributed by atoms with E-state index in [4.69, 9.17) is 0 Å². The zero-order chi connectivity index (χ0) is 19.1. The predicted molar refractivity (Wildman–Crippen MR) is 115 cm³/mol. The minimum atomic E-state index is -0.0811. The topological polar surface area (TPSA) is 0 Å². The minimum Gasteiger partial charge on any atom is -0.206 e. The third-order valence-electron chi connectivity index (χ3n) is 6.34. The highest BCUT2D eigenvalue weighted by Crippen LogP contribution is 2.34. The molecule has 1 saturated carbocycles. The third-order valence-corrected chi connectivity index (χ3v) is 6.34. The monoisotopic (exact) mass is 366 g/mol. The zero-order valence-electron chi connectivity index (χ0n) is 17.1. The summed E-state index contributed by atoms with van der Waals surface area (Å²) in [6.07, 6.45) is 12.7. The molecule has 0 nitrogen and oxygen atoms in total. The molecule has 1 heteroatoms. The fraction of sp³-hybridized carbons (Fsp3) is 0.538. The van der Waals surface area contributed by atoms with Gasteiger partial charge in [-0.2, -0.15) is 0 Å². The minimum absolute atomic E-state index is 0.0811. The summed E-state index contributed by atoms with van der Waals surface area (Å²) in [6.45, 7) is 4.48. The van der Waals surface area contributed by atoms with Crippen molar-refractivity contribution in [2.24, 2.45) is 11.8 Å². The van der Waals surface area contributed by atoms with Crippen molar-refractivity contribution in [3.05, 3.63) is 59.4 Å². The fourth-order valence-corrected chi connectivity index (χ4v) is 4.68. The van der Waals surface area contributed by atoms with Crippen LogP contribution in [-0.2, 0) is 12.8 Å². The first-order valence-electron chi connectivity index (χ1n) is 11.1. The number of hydrogen-bond donors (Lipinski definition) is 0. The van der Waals surface area contributed by atoms with Gasteiger partial charge in [-0.3, -0.25) is 0 Å². The Morgan fingerprint density at radius 3 is 1.96 bits per heavy atom. The van der Waals surface area contributed by atoms with E-state index in [-0.39, 0.29) is 5.82 Å². The van der Waals surface area contributed by atoms with Gasteiger partial charge < -0.3 is 0 Å². The molecule has 0 saturated heterocycles. The molecule has 1 aliphatic rings. The Labute approximate surface area is 165 Å². The maximum Gasteiger partial charge on any atom is 0.131 e. The van der Waals surface area contributed by atoms with E-state index in [1.807, 2.05) is 6.07 Å². The van der Waals surface area contributed by atoms with Gasteiger partial charge in [0.2, 0.25) is 0 Å². The Morgan fingerprint density at radius 2 is 1.37 bits per heavy atom. The lowest BCUT2D eigenvalue weighted by molar-refractivity contribution is 0.252. The van der Waals surface area contributed by atoms with Gasteiger partial charge in [0, 0.05) is 5.56 Å². The molecule has 1 fully saturated rings. The van der Waals surface area contributed by atoms with Crippen molar-refractivity contribution in [3.8, 4) is 11.1 Å². The summed E-state index contributed by atoms with van der Waals surface area (Å²) in [7, 11) is 0. The number of benzene rings is 2. The van der Waals surface area contributed by atoms with E-state index in [0.29, 0.717) is 0 Å². The van der Waals surface area contributed by atoms with Crippen molar-refractivity contribution in [1.82, 2.24) is 0 Å². The molecule has 0 bridgehead atoms. The number of rotatable bonds is 8. The van der Waals surface area contributed by atoms with Gasteiger partial charge in [-0.05, 0) is 53.9 Å². The van der Waals surface area contributed by atoms with Gasteiger partial charge in [-0.1, -0.05) is 95.2 Å². The lowest BCUT2D eigenvalue weighted by Gasteiger charge is -2.28. The van der Waals surface area contributed by atoms with E-state index < -0.39 is 0 Å². The Bertz CT molecular complexity index is 693. The fourth-order valence-electron chi connectivity index (χ4n) is 4.68. The van der Waals surface area contributed by atoms with Gasteiger partial charge in [-0.15, -0.1) is 0 Å². The second-order valence-corrected chi connectivity index (χ2v) is 8.48. The summed E-state index contributed by atoms with van der Waals surface area (Å²) in [5.41, 5.74) is 4.18. The van der Waals surface area contributed by atoms with Crippen LogP contribution in [0.4, 0.5) is 4.39 Å². The van der Waals surface area contributed by atoms with E-state index in [0.717, 1.165) is 47.8 Å². The average molecular weight is 367 g/mol. The normalized spacial score (nSPS) is 20.0. The van der Waals surface area contributed by atoms with Crippen LogP contribution >= 0.6 is 0 Å². The van der Waals surface area contributed by atoms with Crippen molar-refractivity contribution in [1.29, 1.82) is 0 Å². The van der Waals surface area contributed by atoms with Crippen molar-refractivity contribution >= 4 is 0 Å². The summed E-state index contributed by atoms with van der Waals surface area (Å²) < 4.78 is 14.7. The maximum absolute atomic E-state index is 14.7. The Balaban J connectivity index is 1.55. The molecular weight excluding hydrogens is 331 g/mol. The Hall–Kier alpha value is -1.63. The number of halogens is 1. The van der Waals surface area contributed by atoms with E-state index in [1.54, 1.807) is 6.07 Å². The van der Waals surface area contributed by atoms with Crippen molar-refractivity contribution in [2.45, 2.75) is 78.1 Å². The Kier molecular flexibility index (Phi) is 7.50. The highest BCUT2D eigenvalue weighted by molar-refractivity contribution is 5.64. The molecule has 0 spiro atoms. The molecule has 0 N–H and O–H groups in total. The molecule has 0 atom stereocenters. The lowest BCUT2D eigenvalue weighted by atomic mass is 9.78. The molecule has 0 aromatic heterocycles. The van der Waals surface area contributed by atoms with Crippen LogP contribution in [0.15, 0.2) is 42.5 Å². The van der Waals surface area contributed by atoms with E-state index in [1.165, 1.54) is 50.5 Å². The highest BCUT2D eigenvalue weighted by atomic mass is 19.1. The number of hydrogen-bond acceptors (Lipinski definition) is 0. The molecule has 0 heterocycles. The molecule has 0 unspecified atom stereocenters. The molecule has 1 aliphatic carbocycles. The van der Waals surface area contributed by atoms with Crippen LogP contribution < -0.4 is 0 Å². The zero-order valence-corrected chi connectivity index (χ0v) is 17.1. The van der Waals surface area contributed by atoms with E-state index >= 15 is 0 Å². The van der Waals surface area contributed by atoms with Crippen LogP contribution in [0.5, 0.6) is 0 Å². The van der Waals surface area contributed by atoms with Crippen LogP contribution in [-0.4, -0.2) is 0 Å². The summed E-state index contributed by atoms with van der Waals surface area (Å²) in [4.78, 5) is 0. The summed E-state index contributed by atoms with van der Waals surface area (Å²) >= 11 is 0. The molecule has 3 rings (SSSR count). The number of aryl methyl sites for hydroxylation is 2. The maximum atomic E-state index is 14.7. The summed E-state index contributed by atoms with van der Waals surface area (Å²) in [5.74, 6) is 1.72. The van der Waals surface area contributed by atoms with E-state index in [2.05, 4.69) is 44.2 Å². The molecule has 27 heavy (non-hydrogen) atoms. The van der Waals surface area contributed by atoms with Crippen molar-refractivity contribution < 1.29 is 4.39 Å². The highest BCUT2D eigenvalue weighted by Gasteiger charge is 2.20. The second-order valence-electron chi connectivity index (χ2n) is 8.48. The first-order valence-corrected chi connectivity index (χ1v) is 11.1. The van der Waals surface area contributed by atoms with Crippen LogP contribution in [0, 0.1) is 17.7 Å². The van der Waals surface area contributed by atoms with Crippen molar-refractivity contribution in [3.63, 3.8) is 0 Å². The van der Waals surface area contributed by atoms with Gasteiger partial charge in [0.15, 0.2) is 0 Å². The quantitative estimate of drug-likeness (QED) is 0.444. The predicted octanol–water partition coefficient (Wildman–Crippen LogP) is 7.98. The molecular formula is C26H35F. The summed E-state index contributed by atoms with van der Waals surface area (Å²) in [5, 5.41) is 0. The molecule has 2 aromatic rings. The largest absolute Gasteiger partial charge is 0.206 e. The molecule has 2 aromatic carbocycles. The molecule has 0 aliphatic heterocycles. The average Bonchev–Trinajstić information content (AvgIpc) is 2.69. The van der Waals surface area contributed by atoms with Gasteiger partial charge in [0.25, 0.3) is 0 Å². The second kappa shape index (κ2) is 10.1.